The van der Waals surface area contributed by atoms with Crippen LogP contribution < -0.4 is 0 Å². The molecule has 16 heavy (non-hydrogen) atoms. The summed E-state index contributed by atoms with van der Waals surface area (Å²) in [6.07, 6.45) is 3.01. The zero-order valence-electron chi connectivity index (χ0n) is 8.69. The second kappa shape index (κ2) is 5.14. The van der Waals surface area contributed by atoms with E-state index in [9.17, 15) is 0 Å². The van der Waals surface area contributed by atoms with Crippen LogP contribution in [0.15, 0.2) is 34.9 Å². The number of aliphatic hydroxyl groups is 1. The summed E-state index contributed by atoms with van der Waals surface area (Å²) in [5.74, 6) is 1.38. The summed E-state index contributed by atoms with van der Waals surface area (Å²) >= 11 is 5.80. The molecule has 0 amide bonds. The molecule has 0 unspecified atom stereocenters. The average Bonchev–Trinajstić information content (AvgIpc) is 2.76. The van der Waals surface area contributed by atoms with Gasteiger partial charge < -0.3 is 9.52 Å². The van der Waals surface area contributed by atoms with Crippen LogP contribution in [0.1, 0.15) is 12.3 Å². The van der Waals surface area contributed by atoms with Crippen molar-refractivity contribution >= 4 is 11.6 Å². The van der Waals surface area contributed by atoms with Crippen molar-refractivity contribution < 1.29 is 9.52 Å². The zero-order valence-corrected chi connectivity index (χ0v) is 9.44. The quantitative estimate of drug-likeness (QED) is 0.889. The summed E-state index contributed by atoms with van der Waals surface area (Å²) in [5.41, 5.74) is 0.951. The maximum absolute atomic E-state index is 8.70. The molecule has 1 aromatic heterocycles. The predicted octanol–water partition coefficient (Wildman–Crippen LogP) is 2.92. The molecule has 0 saturated heterocycles. The van der Waals surface area contributed by atoms with Gasteiger partial charge in [0.2, 0.25) is 0 Å². The van der Waals surface area contributed by atoms with Crippen molar-refractivity contribution in [2.24, 2.45) is 0 Å². The fourth-order valence-corrected chi connectivity index (χ4v) is 1.53. The lowest BCUT2D eigenvalue weighted by molar-refractivity contribution is 0.283. The van der Waals surface area contributed by atoms with Crippen LogP contribution in [0.25, 0.3) is 11.3 Å². The summed E-state index contributed by atoms with van der Waals surface area (Å²) < 4.78 is 5.55. The summed E-state index contributed by atoms with van der Waals surface area (Å²) in [4.78, 5) is 4.14. The average molecular weight is 238 g/mol. The Hall–Kier alpha value is -1.32. The van der Waals surface area contributed by atoms with E-state index in [2.05, 4.69) is 4.98 Å². The van der Waals surface area contributed by atoms with Crippen molar-refractivity contribution in [3.8, 4) is 11.3 Å². The Labute approximate surface area is 98.7 Å². The van der Waals surface area contributed by atoms with Crippen LogP contribution in [-0.4, -0.2) is 16.7 Å². The molecule has 84 valence electrons. The summed E-state index contributed by atoms with van der Waals surface area (Å²) in [7, 11) is 0. The first-order valence-corrected chi connectivity index (χ1v) is 5.49. The van der Waals surface area contributed by atoms with Crippen LogP contribution >= 0.6 is 11.6 Å². The number of nitrogens with zero attached hydrogens (tertiary/aromatic N) is 1. The van der Waals surface area contributed by atoms with Gasteiger partial charge in [0.15, 0.2) is 11.7 Å². The normalized spacial score (nSPS) is 10.6. The number of hydrogen-bond acceptors (Lipinski definition) is 3. The molecule has 0 bridgehead atoms. The largest absolute Gasteiger partial charge is 0.441 e. The first-order chi connectivity index (χ1) is 7.79. The van der Waals surface area contributed by atoms with Gasteiger partial charge in [0.05, 0.1) is 6.20 Å². The fraction of sp³-hybridized carbons (Fsp3) is 0.250. The van der Waals surface area contributed by atoms with E-state index in [1.165, 1.54) is 0 Å². The number of oxazole rings is 1. The monoisotopic (exact) mass is 237 g/mol. The second-order valence-corrected chi connectivity index (χ2v) is 3.89. The number of aromatic nitrogens is 1. The van der Waals surface area contributed by atoms with Gasteiger partial charge >= 0.3 is 0 Å². The van der Waals surface area contributed by atoms with E-state index in [1.54, 1.807) is 6.20 Å². The molecular weight excluding hydrogens is 226 g/mol. The maximum Gasteiger partial charge on any atom is 0.194 e. The highest BCUT2D eigenvalue weighted by Crippen LogP contribution is 2.22. The minimum absolute atomic E-state index is 0.151. The Bertz CT molecular complexity index is 450. The molecule has 2 rings (SSSR count). The topological polar surface area (TPSA) is 46.3 Å². The zero-order chi connectivity index (χ0) is 11.4. The third kappa shape index (κ3) is 2.62. The predicted molar refractivity (Wildman–Crippen MR) is 62.4 cm³/mol. The third-order valence-electron chi connectivity index (χ3n) is 2.23. The number of rotatable bonds is 4. The van der Waals surface area contributed by atoms with Gasteiger partial charge in [-0.3, -0.25) is 0 Å². The van der Waals surface area contributed by atoms with Crippen LogP contribution in [-0.2, 0) is 6.42 Å². The second-order valence-electron chi connectivity index (χ2n) is 3.45. The molecule has 3 nitrogen and oxygen atoms in total. The summed E-state index contributed by atoms with van der Waals surface area (Å²) in [6.45, 7) is 0.151. The Morgan fingerprint density at radius 1 is 1.25 bits per heavy atom. The molecule has 0 saturated carbocycles. The Morgan fingerprint density at radius 3 is 2.69 bits per heavy atom. The van der Waals surface area contributed by atoms with Crippen molar-refractivity contribution in [2.45, 2.75) is 12.8 Å². The van der Waals surface area contributed by atoms with Gasteiger partial charge in [-0.2, -0.15) is 0 Å². The number of halogens is 1. The van der Waals surface area contributed by atoms with Gasteiger partial charge in [0.1, 0.15) is 0 Å². The van der Waals surface area contributed by atoms with Crippen LogP contribution in [0.2, 0.25) is 5.02 Å². The Kier molecular flexibility index (Phi) is 3.59. The molecule has 0 aliphatic rings. The molecule has 0 aliphatic carbocycles. The SMILES string of the molecule is OCCCc1ncc(-c2ccc(Cl)cc2)o1. The molecule has 1 N–H and O–H groups in total. The van der Waals surface area contributed by atoms with E-state index in [0.29, 0.717) is 23.8 Å². The van der Waals surface area contributed by atoms with E-state index in [4.69, 9.17) is 21.1 Å². The highest BCUT2D eigenvalue weighted by molar-refractivity contribution is 6.30. The highest BCUT2D eigenvalue weighted by Gasteiger charge is 2.05. The molecule has 4 heteroatoms. The van der Waals surface area contributed by atoms with Gasteiger partial charge in [0.25, 0.3) is 0 Å². The molecule has 0 spiro atoms. The van der Waals surface area contributed by atoms with Gasteiger partial charge in [-0.05, 0) is 30.7 Å². The maximum atomic E-state index is 8.70. The van der Waals surface area contributed by atoms with Crippen LogP contribution in [0.5, 0.6) is 0 Å². The molecule has 0 atom stereocenters. The minimum Gasteiger partial charge on any atom is -0.441 e. The number of benzene rings is 1. The molecule has 1 aromatic carbocycles. The number of aryl methyl sites for hydroxylation is 1. The third-order valence-corrected chi connectivity index (χ3v) is 2.48. The smallest absolute Gasteiger partial charge is 0.194 e. The van der Waals surface area contributed by atoms with Gasteiger partial charge in [0, 0.05) is 23.6 Å². The molecule has 0 fully saturated rings. The fourth-order valence-electron chi connectivity index (χ4n) is 1.40. The van der Waals surface area contributed by atoms with Crippen molar-refractivity contribution in [1.82, 2.24) is 4.98 Å². The number of aliphatic hydroxyl groups excluding tert-OH is 1. The Morgan fingerprint density at radius 2 is 2.00 bits per heavy atom. The van der Waals surface area contributed by atoms with Crippen LogP contribution in [0.3, 0.4) is 0 Å². The Balaban J connectivity index is 2.15. The van der Waals surface area contributed by atoms with E-state index in [-0.39, 0.29) is 6.61 Å². The van der Waals surface area contributed by atoms with E-state index < -0.39 is 0 Å². The first kappa shape index (κ1) is 11.2. The molecule has 0 radical (unpaired) electrons. The van der Waals surface area contributed by atoms with Crippen LogP contribution in [0.4, 0.5) is 0 Å². The lowest BCUT2D eigenvalue weighted by atomic mass is 10.2. The van der Waals surface area contributed by atoms with E-state index in [1.807, 2.05) is 24.3 Å². The van der Waals surface area contributed by atoms with Crippen molar-refractivity contribution in [2.75, 3.05) is 6.61 Å². The summed E-state index contributed by atoms with van der Waals surface area (Å²) in [6, 6.07) is 7.40. The lowest BCUT2D eigenvalue weighted by Gasteiger charge is -1.96. The molecule has 2 aromatic rings. The lowest BCUT2D eigenvalue weighted by Crippen LogP contribution is -1.88. The highest BCUT2D eigenvalue weighted by atomic mass is 35.5. The molecule has 0 aliphatic heterocycles. The van der Waals surface area contributed by atoms with Crippen molar-refractivity contribution in [3.05, 3.63) is 41.4 Å². The molecular formula is C12H12ClNO2. The standard InChI is InChI=1S/C12H12ClNO2/c13-10-5-3-9(4-6-10)11-8-14-12(16-11)2-1-7-15/h3-6,8,15H,1-2,7H2. The van der Waals surface area contributed by atoms with Crippen molar-refractivity contribution in [3.63, 3.8) is 0 Å². The molecule has 1 heterocycles. The van der Waals surface area contributed by atoms with Crippen molar-refractivity contribution in [1.29, 1.82) is 0 Å². The summed E-state index contributed by atoms with van der Waals surface area (Å²) in [5, 5.41) is 9.40. The minimum atomic E-state index is 0.151. The van der Waals surface area contributed by atoms with E-state index in [0.717, 1.165) is 11.3 Å². The number of hydrogen-bond donors (Lipinski definition) is 1. The first-order valence-electron chi connectivity index (χ1n) is 5.11. The van der Waals surface area contributed by atoms with Gasteiger partial charge in [-0.1, -0.05) is 11.6 Å². The van der Waals surface area contributed by atoms with Crippen LogP contribution in [0, 0.1) is 0 Å². The van der Waals surface area contributed by atoms with Gasteiger partial charge in [-0.15, -0.1) is 0 Å². The van der Waals surface area contributed by atoms with Gasteiger partial charge in [-0.25, -0.2) is 4.98 Å². The van der Waals surface area contributed by atoms with E-state index >= 15 is 0 Å².